The number of hydrogen-bond donors (Lipinski definition) is 0. The minimum atomic E-state index is -0.956. The zero-order chi connectivity index (χ0) is 30.1. The molecule has 2 saturated heterocycles. The smallest absolute Gasteiger partial charge is 0.234 e. The Morgan fingerprint density at radius 3 is 2.70 bits per heavy atom. The number of rotatable bonds is 8. The number of aliphatic imine (C=N–C) groups is 1. The van der Waals surface area contributed by atoms with Gasteiger partial charge in [-0.25, -0.2) is 14.5 Å². The van der Waals surface area contributed by atoms with E-state index in [0.29, 0.717) is 13.2 Å². The molecule has 1 aromatic carbocycles. The summed E-state index contributed by atoms with van der Waals surface area (Å²) < 4.78 is 14.4. The fourth-order valence-electron chi connectivity index (χ4n) is 6.25. The number of benzene rings is 1. The van der Waals surface area contributed by atoms with Crippen molar-refractivity contribution in [1.29, 1.82) is 0 Å². The van der Waals surface area contributed by atoms with E-state index in [1.807, 2.05) is 52.9 Å². The normalized spacial score (nSPS) is 22.2. The van der Waals surface area contributed by atoms with Gasteiger partial charge in [0.15, 0.2) is 0 Å². The van der Waals surface area contributed by atoms with E-state index in [-0.39, 0.29) is 12.0 Å². The number of aromatic nitrogens is 3. The lowest BCUT2D eigenvalue weighted by Crippen LogP contribution is -2.48. The van der Waals surface area contributed by atoms with Crippen LogP contribution in [0, 0.1) is 6.92 Å². The van der Waals surface area contributed by atoms with Crippen LogP contribution >= 0.6 is 11.3 Å². The van der Waals surface area contributed by atoms with Crippen LogP contribution in [0.25, 0.3) is 27.3 Å². The van der Waals surface area contributed by atoms with Gasteiger partial charge in [-0.05, 0) is 32.3 Å². The number of thiazole rings is 1. The molecule has 11 nitrogen and oxygen atoms in total. The molecule has 0 aliphatic carbocycles. The van der Waals surface area contributed by atoms with Crippen molar-refractivity contribution in [3.05, 3.63) is 59.2 Å². The summed E-state index contributed by atoms with van der Waals surface area (Å²) in [6.07, 6.45) is 6.24. The van der Waals surface area contributed by atoms with Gasteiger partial charge >= 0.3 is 0 Å². The first-order valence-electron chi connectivity index (χ1n) is 15.3. The van der Waals surface area contributed by atoms with E-state index in [9.17, 15) is 4.79 Å². The highest BCUT2D eigenvalue weighted by molar-refractivity contribution is 7.15. The Bertz CT molecular complexity index is 1690. The van der Waals surface area contributed by atoms with Crippen molar-refractivity contribution in [2.75, 3.05) is 45.9 Å². The molecule has 4 aromatic rings. The van der Waals surface area contributed by atoms with Crippen LogP contribution in [-0.4, -0.2) is 88.7 Å². The first-order chi connectivity index (χ1) is 21.5. The summed E-state index contributed by atoms with van der Waals surface area (Å²) >= 11 is 1.59. The number of nitrogens with zero attached hydrogens (tertiary/aromatic N) is 8. The Morgan fingerprint density at radius 1 is 1.14 bits per heavy atom. The van der Waals surface area contributed by atoms with Crippen molar-refractivity contribution in [2.24, 2.45) is 15.2 Å². The molecular weight excluding hydrogens is 576 g/mol. The van der Waals surface area contributed by atoms with Gasteiger partial charge in [0, 0.05) is 64.1 Å². The van der Waals surface area contributed by atoms with E-state index in [0.717, 1.165) is 95.7 Å². The van der Waals surface area contributed by atoms with Gasteiger partial charge in [0.05, 0.1) is 27.3 Å². The second-order valence-corrected chi connectivity index (χ2v) is 12.5. The van der Waals surface area contributed by atoms with Crippen molar-refractivity contribution in [3.63, 3.8) is 0 Å². The molecule has 0 N–H and O–H groups in total. The van der Waals surface area contributed by atoms with Gasteiger partial charge in [-0.3, -0.25) is 9.69 Å². The average molecular weight is 613 g/mol. The largest absolute Gasteiger partial charge is 0.492 e. The summed E-state index contributed by atoms with van der Waals surface area (Å²) in [6.45, 7) is 8.96. The van der Waals surface area contributed by atoms with Crippen LogP contribution in [0.1, 0.15) is 36.8 Å². The van der Waals surface area contributed by atoms with E-state index in [2.05, 4.69) is 22.1 Å². The molecule has 228 valence electrons. The number of piperazine rings is 1. The SMILES string of the molecule is CC(=O)N1CCN(CCOc2ccn3nc(C)c(-c4nc(-c5ccccc5)c(C5(C6CCCCO6)N=CN=N5)s4)c3c2)CC1. The van der Waals surface area contributed by atoms with Crippen LogP contribution in [0.2, 0.25) is 0 Å². The maximum Gasteiger partial charge on any atom is 0.234 e. The van der Waals surface area contributed by atoms with Crippen molar-refractivity contribution in [2.45, 2.75) is 44.9 Å². The number of amides is 1. The number of carbonyl (C=O) groups excluding carboxylic acids is 1. The fourth-order valence-corrected chi connectivity index (χ4v) is 7.57. The third-order valence-electron chi connectivity index (χ3n) is 8.64. The van der Waals surface area contributed by atoms with E-state index < -0.39 is 5.66 Å². The lowest BCUT2D eigenvalue weighted by molar-refractivity contribution is -0.130. The molecule has 7 rings (SSSR count). The molecule has 0 saturated carbocycles. The first-order valence-corrected chi connectivity index (χ1v) is 16.1. The van der Waals surface area contributed by atoms with Crippen LogP contribution in [-0.2, 0) is 15.2 Å². The predicted octanol–water partition coefficient (Wildman–Crippen LogP) is 5.19. The first kappa shape index (κ1) is 28.8. The number of aryl methyl sites for hydroxylation is 1. The van der Waals surface area contributed by atoms with Crippen molar-refractivity contribution in [1.82, 2.24) is 24.4 Å². The number of pyridine rings is 1. The number of fused-ring (bicyclic) bond motifs is 1. The second-order valence-electron chi connectivity index (χ2n) is 11.5. The molecule has 0 radical (unpaired) electrons. The third-order valence-corrected chi connectivity index (χ3v) is 9.83. The molecule has 2 unspecified atom stereocenters. The zero-order valence-electron chi connectivity index (χ0n) is 25.1. The molecule has 2 fully saturated rings. The highest BCUT2D eigenvalue weighted by Gasteiger charge is 2.48. The van der Waals surface area contributed by atoms with Gasteiger partial charge in [0.2, 0.25) is 11.6 Å². The Hall–Kier alpha value is -4.00. The Balaban J connectivity index is 1.20. The summed E-state index contributed by atoms with van der Waals surface area (Å²) in [5.41, 5.74) is 3.65. The molecular formula is C32H36N8O3S. The minimum absolute atomic E-state index is 0.141. The summed E-state index contributed by atoms with van der Waals surface area (Å²) in [4.78, 5) is 26.9. The summed E-state index contributed by atoms with van der Waals surface area (Å²) in [6, 6.07) is 14.2. The Morgan fingerprint density at radius 2 is 1.98 bits per heavy atom. The lowest BCUT2D eigenvalue weighted by Gasteiger charge is -2.34. The molecule has 2 atom stereocenters. The zero-order valence-corrected chi connectivity index (χ0v) is 25.9. The molecule has 0 spiro atoms. The summed E-state index contributed by atoms with van der Waals surface area (Å²) in [5.74, 6) is 0.921. The Labute approximate surface area is 260 Å². The number of carbonyl (C=O) groups is 1. The summed E-state index contributed by atoms with van der Waals surface area (Å²) in [5, 5.41) is 14.6. The predicted molar refractivity (Wildman–Crippen MR) is 169 cm³/mol. The molecule has 6 heterocycles. The maximum absolute atomic E-state index is 11.6. The minimum Gasteiger partial charge on any atom is -0.492 e. The van der Waals surface area contributed by atoms with Crippen LogP contribution in [0.3, 0.4) is 0 Å². The van der Waals surface area contributed by atoms with Gasteiger partial charge in [-0.15, -0.1) is 21.6 Å². The molecule has 1 amide bonds. The monoisotopic (exact) mass is 612 g/mol. The quantitative estimate of drug-likeness (QED) is 0.271. The topological polar surface area (TPSA) is 109 Å². The van der Waals surface area contributed by atoms with Gasteiger partial charge in [0.1, 0.15) is 29.8 Å². The van der Waals surface area contributed by atoms with Gasteiger partial charge in [0.25, 0.3) is 0 Å². The van der Waals surface area contributed by atoms with Crippen LogP contribution in [0.15, 0.2) is 63.9 Å². The lowest BCUT2D eigenvalue weighted by atomic mass is 9.93. The standard InChI is InChI=1S/C32H36N8O3S/c1-22-28(26-20-25(11-12-40(26)36-22)42-19-17-38-13-15-39(16-14-38)23(2)41)31-35-29(24-8-4-3-5-9-24)30(44-31)32(33-21-34-37-32)27-10-6-7-18-43-27/h3-5,8-9,11-12,20-21,27H,6-7,10,13-19H2,1-2H3. The Kier molecular flexibility index (Phi) is 7.96. The highest BCUT2D eigenvalue weighted by Crippen LogP contribution is 2.49. The molecule has 3 aliphatic rings. The maximum atomic E-state index is 11.6. The second kappa shape index (κ2) is 12.2. The average Bonchev–Trinajstić information content (AvgIpc) is 3.79. The van der Waals surface area contributed by atoms with Gasteiger partial charge in [-0.1, -0.05) is 30.3 Å². The summed E-state index contributed by atoms with van der Waals surface area (Å²) in [7, 11) is 0. The number of hydrogen-bond acceptors (Lipinski definition) is 10. The van der Waals surface area contributed by atoms with Crippen LogP contribution < -0.4 is 4.74 Å². The fraction of sp³-hybridized carbons (Fsp3) is 0.438. The van der Waals surface area contributed by atoms with E-state index in [4.69, 9.17) is 29.7 Å². The number of azo groups is 1. The van der Waals surface area contributed by atoms with Crippen LogP contribution in [0.4, 0.5) is 0 Å². The van der Waals surface area contributed by atoms with Crippen LogP contribution in [0.5, 0.6) is 5.75 Å². The van der Waals surface area contributed by atoms with Crippen molar-refractivity contribution < 1.29 is 14.3 Å². The third kappa shape index (κ3) is 5.42. The molecule has 44 heavy (non-hydrogen) atoms. The van der Waals surface area contributed by atoms with E-state index >= 15 is 0 Å². The molecule has 3 aliphatic heterocycles. The van der Waals surface area contributed by atoms with Crippen molar-refractivity contribution >= 4 is 29.1 Å². The number of ether oxygens (including phenoxy) is 2. The van der Waals surface area contributed by atoms with Crippen molar-refractivity contribution in [3.8, 4) is 27.6 Å². The molecule has 0 bridgehead atoms. The molecule has 12 heteroatoms. The van der Waals surface area contributed by atoms with Gasteiger partial charge < -0.3 is 14.4 Å². The molecule has 3 aromatic heterocycles. The van der Waals surface area contributed by atoms with E-state index in [1.165, 1.54) is 0 Å². The van der Waals surface area contributed by atoms with E-state index in [1.54, 1.807) is 24.6 Å². The van der Waals surface area contributed by atoms with Gasteiger partial charge in [-0.2, -0.15) is 5.10 Å². The highest BCUT2D eigenvalue weighted by atomic mass is 32.1.